The standard InChI is InChI=1S/C22H19ClN2O2S/c1-13-4-5-19(15(3)8-13)25-7-6-24-22(25)28-12-16-10-21(26)27-20-9-14(2)18(23)11-17(16)20/h4-11H,12H2,1-3H3. The highest BCUT2D eigenvalue weighted by Gasteiger charge is 2.12. The minimum absolute atomic E-state index is 0.359. The number of hydrogen-bond acceptors (Lipinski definition) is 4. The third kappa shape index (κ3) is 3.60. The van der Waals surface area contributed by atoms with E-state index in [2.05, 4.69) is 41.6 Å². The van der Waals surface area contributed by atoms with E-state index in [1.807, 2.05) is 25.3 Å². The third-order valence-corrected chi connectivity index (χ3v) is 6.11. The summed E-state index contributed by atoms with van der Waals surface area (Å²) in [6.45, 7) is 6.07. The Morgan fingerprint density at radius 3 is 2.71 bits per heavy atom. The van der Waals surface area contributed by atoms with Crippen molar-refractivity contribution in [3.8, 4) is 5.69 Å². The highest BCUT2D eigenvalue weighted by Crippen LogP contribution is 2.30. The van der Waals surface area contributed by atoms with Crippen molar-refractivity contribution in [3.05, 3.63) is 86.5 Å². The number of aryl methyl sites for hydroxylation is 3. The summed E-state index contributed by atoms with van der Waals surface area (Å²) in [4.78, 5) is 16.5. The van der Waals surface area contributed by atoms with Crippen LogP contribution in [0.1, 0.15) is 22.3 Å². The van der Waals surface area contributed by atoms with Gasteiger partial charge in [0.1, 0.15) is 5.58 Å². The van der Waals surface area contributed by atoms with E-state index in [1.54, 1.807) is 18.0 Å². The second kappa shape index (κ2) is 7.49. The van der Waals surface area contributed by atoms with E-state index < -0.39 is 0 Å². The lowest BCUT2D eigenvalue weighted by Crippen LogP contribution is -2.02. The lowest BCUT2D eigenvalue weighted by molar-refractivity contribution is 0.559. The number of hydrogen-bond donors (Lipinski definition) is 0. The van der Waals surface area contributed by atoms with Crippen molar-refractivity contribution in [1.82, 2.24) is 9.55 Å². The quantitative estimate of drug-likeness (QED) is 0.313. The minimum Gasteiger partial charge on any atom is -0.423 e. The SMILES string of the molecule is Cc1ccc(-n2ccnc2SCc2cc(=O)oc3cc(C)c(Cl)cc23)c(C)c1. The highest BCUT2D eigenvalue weighted by molar-refractivity contribution is 7.98. The molecule has 2 heterocycles. The number of rotatable bonds is 4. The van der Waals surface area contributed by atoms with Crippen LogP contribution in [0.2, 0.25) is 5.02 Å². The smallest absolute Gasteiger partial charge is 0.336 e. The Kier molecular flexibility index (Phi) is 5.04. The molecule has 0 saturated carbocycles. The summed E-state index contributed by atoms with van der Waals surface area (Å²) >= 11 is 7.87. The summed E-state index contributed by atoms with van der Waals surface area (Å²) in [6, 6.07) is 11.6. The maximum absolute atomic E-state index is 12.0. The molecule has 0 atom stereocenters. The van der Waals surface area contributed by atoms with Crippen molar-refractivity contribution in [3.63, 3.8) is 0 Å². The Morgan fingerprint density at radius 2 is 1.93 bits per heavy atom. The van der Waals surface area contributed by atoms with Gasteiger partial charge in [-0.15, -0.1) is 0 Å². The van der Waals surface area contributed by atoms with Crippen LogP contribution in [0, 0.1) is 20.8 Å². The van der Waals surface area contributed by atoms with Gasteiger partial charge in [-0.25, -0.2) is 9.78 Å². The van der Waals surface area contributed by atoms with Gasteiger partial charge in [0.2, 0.25) is 0 Å². The molecule has 0 saturated heterocycles. The Balaban J connectivity index is 1.69. The predicted octanol–water partition coefficient (Wildman–Crippen LogP) is 5.85. The van der Waals surface area contributed by atoms with Crippen molar-refractivity contribution in [2.45, 2.75) is 31.7 Å². The lowest BCUT2D eigenvalue weighted by Gasteiger charge is -2.12. The fraction of sp³-hybridized carbons (Fsp3) is 0.182. The molecule has 4 nitrogen and oxygen atoms in total. The molecule has 0 spiro atoms. The fourth-order valence-corrected chi connectivity index (χ4v) is 4.39. The van der Waals surface area contributed by atoms with Crippen molar-refractivity contribution in [2.75, 3.05) is 0 Å². The summed E-state index contributed by atoms with van der Waals surface area (Å²) < 4.78 is 7.42. The highest BCUT2D eigenvalue weighted by atomic mass is 35.5. The Labute approximate surface area is 172 Å². The molecule has 6 heteroatoms. The molecule has 0 bridgehead atoms. The van der Waals surface area contributed by atoms with Crippen LogP contribution in [-0.2, 0) is 5.75 Å². The van der Waals surface area contributed by atoms with Crippen molar-refractivity contribution in [2.24, 2.45) is 0 Å². The topological polar surface area (TPSA) is 48.0 Å². The molecule has 4 aromatic rings. The molecule has 0 aliphatic rings. The van der Waals surface area contributed by atoms with E-state index in [1.165, 1.54) is 17.2 Å². The lowest BCUT2D eigenvalue weighted by atomic mass is 10.1. The molecule has 0 aliphatic carbocycles. The molecule has 0 N–H and O–H groups in total. The first-order valence-electron chi connectivity index (χ1n) is 8.89. The molecule has 2 aromatic carbocycles. The first kappa shape index (κ1) is 18.8. The number of aromatic nitrogens is 2. The maximum Gasteiger partial charge on any atom is 0.336 e. The second-order valence-corrected chi connectivity index (χ2v) is 8.20. The van der Waals surface area contributed by atoms with Crippen LogP contribution in [0.3, 0.4) is 0 Å². The minimum atomic E-state index is -0.359. The van der Waals surface area contributed by atoms with Gasteiger partial charge in [-0.3, -0.25) is 4.57 Å². The van der Waals surface area contributed by atoms with Crippen LogP contribution >= 0.6 is 23.4 Å². The fourth-order valence-electron chi connectivity index (χ4n) is 3.27. The van der Waals surface area contributed by atoms with Crippen LogP contribution in [0.25, 0.3) is 16.7 Å². The molecule has 28 heavy (non-hydrogen) atoms. The molecule has 0 unspecified atom stereocenters. The zero-order valence-corrected chi connectivity index (χ0v) is 17.4. The van der Waals surface area contributed by atoms with Gasteiger partial charge in [0.15, 0.2) is 5.16 Å². The first-order valence-corrected chi connectivity index (χ1v) is 10.3. The van der Waals surface area contributed by atoms with Gasteiger partial charge in [0.05, 0.1) is 5.69 Å². The van der Waals surface area contributed by atoms with Gasteiger partial charge in [-0.1, -0.05) is 41.1 Å². The van der Waals surface area contributed by atoms with Gasteiger partial charge in [-0.05, 0) is 55.7 Å². The normalized spacial score (nSPS) is 11.3. The van der Waals surface area contributed by atoms with Crippen LogP contribution in [0.4, 0.5) is 0 Å². The summed E-state index contributed by atoms with van der Waals surface area (Å²) in [5.74, 6) is 0.587. The van der Waals surface area contributed by atoms with Gasteiger partial charge < -0.3 is 4.42 Å². The van der Waals surface area contributed by atoms with Crippen molar-refractivity contribution in [1.29, 1.82) is 0 Å². The Morgan fingerprint density at radius 1 is 1.11 bits per heavy atom. The summed E-state index contributed by atoms with van der Waals surface area (Å²) in [5.41, 5.74) is 5.48. The molecule has 0 radical (unpaired) electrons. The number of nitrogens with zero attached hydrogens (tertiary/aromatic N) is 2. The molecule has 0 amide bonds. The number of fused-ring (bicyclic) bond motifs is 1. The molecule has 142 valence electrons. The van der Waals surface area contributed by atoms with Gasteiger partial charge in [0.25, 0.3) is 0 Å². The predicted molar refractivity (Wildman–Crippen MR) is 115 cm³/mol. The molecule has 4 rings (SSSR count). The van der Waals surface area contributed by atoms with Crippen LogP contribution in [0.15, 0.2) is 63.2 Å². The number of benzene rings is 2. The van der Waals surface area contributed by atoms with E-state index in [-0.39, 0.29) is 5.63 Å². The largest absolute Gasteiger partial charge is 0.423 e. The zero-order valence-electron chi connectivity index (χ0n) is 15.8. The second-order valence-electron chi connectivity index (χ2n) is 6.85. The van der Waals surface area contributed by atoms with E-state index in [0.717, 1.165) is 27.4 Å². The third-order valence-electron chi connectivity index (χ3n) is 4.68. The van der Waals surface area contributed by atoms with Gasteiger partial charge in [0, 0.05) is 34.6 Å². The molecule has 0 aliphatic heterocycles. The number of halogens is 1. The van der Waals surface area contributed by atoms with E-state index >= 15 is 0 Å². The Bertz CT molecular complexity index is 1240. The summed E-state index contributed by atoms with van der Waals surface area (Å²) in [6.07, 6.45) is 3.75. The maximum atomic E-state index is 12.0. The number of thioether (sulfide) groups is 1. The van der Waals surface area contributed by atoms with E-state index in [4.69, 9.17) is 16.0 Å². The molecule has 0 fully saturated rings. The first-order chi connectivity index (χ1) is 13.4. The van der Waals surface area contributed by atoms with Crippen LogP contribution in [0.5, 0.6) is 0 Å². The summed E-state index contributed by atoms with van der Waals surface area (Å²) in [7, 11) is 0. The average molecular weight is 411 g/mol. The van der Waals surface area contributed by atoms with E-state index in [0.29, 0.717) is 16.4 Å². The van der Waals surface area contributed by atoms with Gasteiger partial charge in [-0.2, -0.15) is 0 Å². The summed E-state index contributed by atoms with van der Waals surface area (Å²) in [5, 5.41) is 2.38. The van der Waals surface area contributed by atoms with Crippen LogP contribution < -0.4 is 5.63 Å². The average Bonchev–Trinajstić information content (AvgIpc) is 3.09. The molecular weight excluding hydrogens is 392 g/mol. The zero-order chi connectivity index (χ0) is 19.8. The van der Waals surface area contributed by atoms with Crippen LogP contribution in [-0.4, -0.2) is 9.55 Å². The van der Waals surface area contributed by atoms with Crippen molar-refractivity contribution < 1.29 is 4.42 Å². The molecule has 2 aromatic heterocycles. The van der Waals surface area contributed by atoms with Crippen molar-refractivity contribution >= 4 is 34.3 Å². The monoisotopic (exact) mass is 410 g/mol. The molecular formula is C22H19ClN2O2S. The van der Waals surface area contributed by atoms with E-state index in [9.17, 15) is 4.79 Å². The van der Waals surface area contributed by atoms with Gasteiger partial charge >= 0.3 is 5.63 Å². The number of imidazole rings is 1. The Hall–Kier alpha value is -2.50.